The Labute approximate surface area is 161 Å². The lowest BCUT2D eigenvalue weighted by Crippen LogP contribution is -2.30. The lowest BCUT2D eigenvalue weighted by atomic mass is 10.2. The van der Waals surface area contributed by atoms with Crippen molar-refractivity contribution in [2.24, 2.45) is 0 Å². The highest BCUT2D eigenvalue weighted by molar-refractivity contribution is 7.99. The largest absolute Gasteiger partial charge is 0.449 e. The lowest BCUT2D eigenvalue weighted by molar-refractivity contribution is -0.123. The third-order valence-corrected chi connectivity index (χ3v) is 4.55. The first kappa shape index (κ1) is 19.6. The Morgan fingerprint density at radius 1 is 1.11 bits per heavy atom. The number of aromatic nitrogens is 2. The van der Waals surface area contributed by atoms with Crippen LogP contribution in [-0.4, -0.2) is 33.7 Å². The molecule has 3 rings (SSSR count). The zero-order valence-electron chi connectivity index (χ0n) is 14.5. The predicted molar refractivity (Wildman–Crippen MR) is 101 cm³/mol. The number of amides is 1. The number of H-pyrrole nitrogens is 2. The number of ether oxygens (including phenoxy) is 1. The van der Waals surface area contributed by atoms with Gasteiger partial charge < -0.3 is 20.0 Å². The van der Waals surface area contributed by atoms with Gasteiger partial charge in [-0.2, -0.15) is 8.78 Å². The molecule has 0 aliphatic carbocycles. The van der Waals surface area contributed by atoms with Crippen LogP contribution in [0.2, 0.25) is 0 Å². The zero-order valence-corrected chi connectivity index (χ0v) is 15.3. The van der Waals surface area contributed by atoms with Gasteiger partial charge in [0.2, 0.25) is 0 Å². The summed E-state index contributed by atoms with van der Waals surface area (Å²) in [4.78, 5) is 41.1. The molecular weight excluding hydrogens is 392 g/mol. The first-order valence-corrected chi connectivity index (χ1v) is 8.99. The van der Waals surface area contributed by atoms with Gasteiger partial charge in [-0.1, -0.05) is 23.9 Å². The van der Waals surface area contributed by atoms with Gasteiger partial charge in [-0.05, 0) is 37.3 Å². The van der Waals surface area contributed by atoms with E-state index < -0.39 is 23.7 Å². The van der Waals surface area contributed by atoms with Crippen molar-refractivity contribution < 1.29 is 23.1 Å². The number of aromatic amines is 2. The number of thioether (sulfide) groups is 1. The SMILES string of the molecule is CC(OC(=O)c1ccccc1SC(F)F)C(=O)Nc1ccc2[nH]c(=O)[nH]c2c1. The van der Waals surface area contributed by atoms with E-state index in [4.69, 9.17) is 4.74 Å². The zero-order chi connectivity index (χ0) is 20.3. The van der Waals surface area contributed by atoms with E-state index in [1.807, 2.05) is 0 Å². The van der Waals surface area contributed by atoms with Gasteiger partial charge in [-0.15, -0.1) is 0 Å². The number of nitrogens with one attached hydrogen (secondary N) is 3. The van der Waals surface area contributed by atoms with Gasteiger partial charge in [0.1, 0.15) is 0 Å². The Balaban J connectivity index is 1.68. The van der Waals surface area contributed by atoms with Crippen molar-refractivity contribution in [3.63, 3.8) is 0 Å². The Morgan fingerprint density at radius 2 is 1.82 bits per heavy atom. The molecule has 0 saturated heterocycles. The molecular formula is C18H15F2N3O4S. The summed E-state index contributed by atoms with van der Waals surface area (Å²) >= 11 is 0.228. The van der Waals surface area contributed by atoms with E-state index in [0.717, 1.165) is 0 Å². The molecule has 0 aliphatic rings. The maximum absolute atomic E-state index is 12.6. The van der Waals surface area contributed by atoms with E-state index in [-0.39, 0.29) is 27.9 Å². The number of imidazole rings is 1. The fourth-order valence-corrected chi connectivity index (χ4v) is 3.09. The Bertz CT molecular complexity index is 1080. The molecule has 0 fully saturated rings. The first-order chi connectivity index (χ1) is 13.3. The van der Waals surface area contributed by atoms with Crippen molar-refractivity contribution in [2.75, 3.05) is 5.32 Å². The molecule has 1 atom stereocenters. The van der Waals surface area contributed by atoms with Crippen molar-refractivity contribution in [1.29, 1.82) is 0 Å². The topological polar surface area (TPSA) is 104 Å². The monoisotopic (exact) mass is 407 g/mol. The molecule has 1 unspecified atom stereocenters. The summed E-state index contributed by atoms with van der Waals surface area (Å²) in [5.74, 6) is -4.18. The van der Waals surface area contributed by atoms with Crippen LogP contribution >= 0.6 is 11.8 Å². The van der Waals surface area contributed by atoms with Crippen LogP contribution < -0.4 is 11.0 Å². The molecule has 0 spiro atoms. The highest BCUT2D eigenvalue weighted by Crippen LogP contribution is 2.29. The molecule has 0 aliphatic heterocycles. The second kappa shape index (κ2) is 8.26. The molecule has 3 aromatic rings. The number of rotatable bonds is 6. The molecule has 146 valence electrons. The van der Waals surface area contributed by atoms with E-state index in [0.29, 0.717) is 16.7 Å². The standard InChI is InChI=1S/C18H15F2N3O4S/c1-9(27-16(25)11-4-2-3-5-14(11)28-17(19)20)15(24)21-10-6-7-12-13(8-10)23-18(26)22-12/h2-9,17H,1H3,(H,21,24)(H2,22,23,26). The molecule has 28 heavy (non-hydrogen) atoms. The van der Waals surface area contributed by atoms with Gasteiger partial charge in [0, 0.05) is 10.6 Å². The minimum absolute atomic E-state index is 0.0428. The molecule has 10 heteroatoms. The van der Waals surface area contributed by atoms with Crippen LogP contribution in [0.3, 0.4) is 0 Å². The summed E-state index contributed by atoms with van der Waals surface area (Å²) < 4.78 is 30.4. The number of carbonyl (C=O) groups is 2. The van der Waals surface area contributed by atoms with Crippen LogP contribution in [0.25, 0.3) is 11.0 Å². The molecule has 1 heterocycles. The van der Waals surface area contributed by atoms with Crippen LogP contribution in [0.15, 0.2) is 52.2 Å². The minimum atomic E-state index is -2.69. The number of esters is 1. The number of carbonyl (C=O) groups excluding carboxylic acids is 2. The van der Waals surface area contributed by atoms with E-state index in [1.54, 1.807) is 18.2 Å². The predicted octanol–water partition coefficient (Wildman–Crippen LogP) is 3.35. The maximum Gasteiger partial charge on any atom is 0.340 e. The van der Waals surface area contributed by atoms with E-state index in [9.17, 15) is 23.2 Å². The first-order valence-electron chi connectivity index (χ1n) is 8.11. The van der Waals surface area contributed by atoms with Gasteiger partial charge in [0.15, 0.2) is 6.10 Å². The molecule has 3 N–H and O–H groups in total. The van der Waals surface area contributed by atoms with E-state index in [1.165, 1.54) is 31.2 Å². The number of benzene rings is 2. The third-order valence-electron chi connectivity index (χ3n) is 3.76. The lowest BCUT2D eigenvalue weighted by Gasteiger charge is -2.15. The summed E-state index contributed by atoms with van der Waals surface area (Å²) in [6.07, 6.45) is -1.17. The van der Waals surface area contributed by atoms with E-state index >= 15 is 0 Å². The Kier molecular flexibility index (Phi) is 5.78. The molecule has 7 nitrogen and oxygen atoms in total. The average Bonchev–Trinajstić information content (AvgIpc) is 3.00. The average molecular weight is 407 g/mol. The van der Waals surface area contributed by atoms with Crippen LogP contribution in [0.5, 0.6) is 0 Å². The fourth-order valence-electron chi connectivity index (χ4n) is 2.47. The highest BCUT2D eigenvalue weighted by atomic mass is 32.2. The van der Waals surface area contributed by atoms with E-state index in [2.05, 4.69) is 15.3 Å². The molecule has 0 saturated carbocycles. The quantitative estimate of drug-likeness (QED) is 0.429. The smallest absolute Gasteiger partial charge is 0.340 e. The summed E-state index contributed by atoms with van der Waals surface area (Å²) in [5.41, 5.74) is 1.06. The van der Waals surface area contributed by atoms with Gasteiger partial charge in [-0.3, -0.25) is 4.79 Å². The molecule has 1 aromatic heterocycles. The van der Waals surface area contributed by atoms with Crippen molar-refractivity contribution >= 4 is 40.4 Å². The van der Waals surface area contributed by atoms with Gasteiger partial charge in [0.25, 0.3) is 11.7 Å². The summed E-state index contributed by atoms with van der Waals surface area (Å²) in [6, 6.07) is 10.5. The number of halogens is 2. The normalized spacial score (nSPS) is 12.1. The maximum atomic E-state index is 12.6. The Morgan fingerprint density at radius 3 is 2.57 bits per heavy atom. The molecule has 1 amide bonds. The molecule has 2 aromatic carbocycles. The van der Waals surface area contributed by atoms with Crippen LogP contribution in [0, 0.1) is 0 Å². The number of fused-ring (bicyclic) bond motifs is 1. The summed E-state index contributed by atoms with van der Waals surface area (Å²) in [6.45, 7) is 1.37. The van der Waals surface area contributed by atoms with Crippen LogP contribution in [0.4, 0.5) is 14.5 Å². The fraction of sp³-hybridized carbons (Fsp3) is 0.167. The van der Waals surface area contributed by atoms with Gasteiger partial charge in [-0.25, -0.2) is 9.59 Å². The van der Waals surface area contributed by atoms with Crippen LogP contribution in [-0.2, 0) is 9.53 Å². The molecule has 0 bridgehead atoms. The van der Waals surface area contributed by atoms with Crippen molar-refractivity contribution in [2.45, 2.75) is 23.7 Å². The number of hydrogen-bond donors (Lipinski definition) is 3. The van der Waals surface area contributed by atoms with Crippen molar-refractivity contribution in [3.05, 3.63) is 58.5 Å². The number of alkyl halides is 2. The van der Waals surface area contributed by atoms with Gasteiger partial charge in [0.05, 0.1) is 16.6 Å². The minimum Gasteiger partial charge on any atom is -0.449 e. The number of anilines is 1. The highest BCUT2D eigenvalue weighted by Gasteiger charge is 2.22. The summed E-state index contributed by atoms with van der Waals surface area (Å²) in [7, 11) is 0. The van der Waals surface area contributed by atoms with Gasteiger partial charge >= 0.3 is 11.7 Å². The second-order valence-electron chi connectivity index (χ2n) is 5.75. The second-order valence-corrected chi connectivity index (χ2v) is 6.78. The van der Waals surface area contributed by atoms with Crippen molar-refractivity contribution in [1.82, 2.24) is 9.97 Å². The third kappa shape index (κ3) is 4.58. The summed E-state index contributed by atoms with van der Waals surface area (Å²) in [5, 5.41) is 2.57. The Hall–Kier alpha value is -3.14. The van der Waals surface area contributed by atoms with Crippen LogP contribution in [0.1, 0.15) is 17.3 Å². The van der Waals surface area contributed by atoms with Crippen molar-refractivity contribution in [3.8, 4) is 0 Å². The number of hydrogen-bond acceptors (Lipinski definition) is 5. The molecule has 0 radical (unpaired) electrons.